The van der Waals surface area contributed by atoms with Gasteiger partial charge in [-0.15, -0.1) is 0 Å². The van der Waals surface area contributed by atoms with E-state index in [1.165, 1.54) is 79.2 Å². The molecule has 2 unspecified atom stereocenters. The first-order valence-corrected chi connectivity index (χ1v) is 24.4. The lowest BCUT2D eigenvalue weighted by Gasteiger charge is -2.46. The number of hydrogen-bond donors (Lipinski definition) is 0. The van der Waals surface area contributed by atoms with E-state index in [4.69, 9.17) is 15.0 Å². The molecule has 68 heavy (non-hydrogen) atoms. The van der Waals surface area contributed by atoms with Crippen molar-refractivity contribution in [3.8, 4) is 39.8 Å². The van der Waals surface area contributed by atoms with E-state index in [1.807, 2.05) is 0 Å². The van der Waals surface area contributed by atoms with E-state index in [0.717, 1.165) is 69.9 Å². The van der Waals surface area contributed by atoms with Crippen LogP contribution in [0.1, 0.15) is 51.8 Å². The SMILES string of the molecule is CC1CC2CC(C1)CC(C)(c1nc(-c3ccccc3)nc(-c3cccc(-n4c5ccccc5c5c6c7ccccc7n(-c7ccccc7)c6c6c(c7ccccc7n6-c6ccccc6)c54)c3)n1)C2. The monoisotopic (exact) mass is 878 g/mol. The van der Waals surface area contributed by atoms with Crippen LogP contribution in [-0.2, 0) is 5.41 Å². The lowest BCUT2D eigenvalue weighted by molar-refractivity contribution is 0.0857. The van der Waals surface area contributed by atoms with E-state index in [2.05, 4.69) is 216 Å². The van der Waals surface area contributed by atoms with Crippen LogP contribution in [0.4, 0.5) is 0 Å². The molecule has 328 valence electrons. The summed E-state index contributed by atoms with van der Waals surface area (Å²) < 4.78 is 7.53. The Morgan fingerprint density at radius 1 is 0.412 bits per heavy atom. The van der Waals surface area contributed by atoms with E-state index < -0.39 is 0 Å². The van der Waals surface area contributed by atoms with E-state index in [-0.39, 0.29) is 5.41 Å². The summed E-state index contributed by atoms with van der Waals surface area (Å²) in [4.78, 5) is 16.2. The Balaban J connectivity index is 1.09. The van der Waals surface area contributed by atoms with Crippen molar-refractivity contribution in [1.82, 2.24) is 28.7 Å². The molecule has 0 saturated heterocycles. The zero-order valence-corrected chi connectivity index (χ0v) is 38.3. The molecule has 2 aliphatic rings. The summed E-state index contributed by atoms with van der Waals surface area (Å²) in [5.74, 6) is 4.60. The van der Waals surface area contributed by atoms with Gasteiger partial charge >= 0.3 is 0 Å². The maximum absolute atomic E-state index is 5.51. The van der Waals surface area contributed by atoms with Crippen molar-refractivity contribution in [2.45, 2.75) is 51.4 Å². The normalized spacial score (nSPS) is 19.5. The van der Waals surface area contributed by atoms with Crippen LogP contribution < -0.4 is 0 Å². The molecule has 14 rings (SSSR count). The Hall–Kier alpha value is -7.83. The smallest absolute Gasteiger partial charge is 0.163 e. The van der Waals surface area contributed by atoms with Gasteiger partial charge in [-0.05, 0) is 104 Å². The van der Waals surface area contributed by atoms with E-state index in [0.29, 0.717) is 11.8 Å². The molecule has 0 radical (unpaired) electrons. The zero-order valence-electron chi connectivity index (χ0n) is 38.3. The van der Waals surface area contributed by atoms with Gasteiger partial charge in [0.2, 0.25) is 0 Å². The van der Waals surface area contributed by atoms with Crippen molar-refractivity contribution in [3.63, 3.8) is 0 Å². The Morgan fingerprint density at radius 2 is 0.838 bits per heavy atom. The van der Waals surface area contributed by atoms with Crippen LogP contribution in [0.15, 0.2) is 188 Å². The predicted molar refractivity (Wildman–Crippen MR) is 280 cm³/mol. The molecule has 0 amide bonds. The molecule has 0 aliphatic heterocycles. The molecule has 2 atom stereocenters. The van der Waals surface area contributed by atoms with Gasteiger partial charge in [0.15, 0.2) is 11.6 Å². The summed E-state index contributed by atoms with van der Waals surface area (Å²) in [6.45, 7) is 4.87. The third-order valence-corrected chi connectivity index (χ3v) is 15.6. The van der Waals surface area contributed by atoms with Gasteiger partial charge in [0.25, 0.3) is 0 Å². The second-order valence-electron chi connectivity index (χ2n) is 20.1. The summed E-state index contributed by atoms with van der Waals surface area (Å²) in [7, 11) is 0. The minimum Gasteiger partial charge on any atom is -0.308 e. The highest BCUT2D eigenvalue weighted by molar-refractivity contribution is 6.40. The number of rotatable bonds is 6. The minimum atomic E-state index is -0.123. The highest BCUT2D eigenvalue weighted by Crippen LogP contribution is 2.52. The number of para-hydroxylation sites is 5. The molecule has 4 aromatic heterocycles. The third kappa shape index (κ3) is 5.92. The fourth-order valence-electron chi connectivity index (χ4n) is 13.2. The standard InChI is InChI=1S/C62H50N6/c1-39-33-40-35-41(34-39)38-62(2,37-40)61-64-59(42-19-6-3-7-20-42)63-60(65-61)43-21-18-26-46(36-43)68-51-31-16-12-27-47(51)53-54-48-28-13-15-30-50(48)66(44-22-8-4-9-23-44)57(54)58-55(56(53)68)49-29-14-17-32-52(49)67(58)45-24-10-5-11-25-45/h3-32,36,39-41H,33-35,37-38H2,1-2H3. The zero-order chi connectivity index (χ0) is 45.1. The highest BCUT2D eigenvalue weighted by Gasteiger charge is 2.44. The summed E-state index contributed by atoms with van der Waals surface area (Å²) in [5.41, 5.74) is 12.2. The molecule has 6 heteroatoms. The topological polar surface area (TPSA) is 53.5 Å². The van der Waals surface area contributed by atoms with Crippen molar-refractivity contribution in [2.75, 3.05) is 0 Å². The third-order valence-electron chi connectivity index (χ3n) is 15.6. The summed E-state index contributed by atoms with van der Waals surface area (Å²) in [6, 6.07) is 68.1. The van der Waals surface area contributed by atoms with Crippen LogP contribution in [0.2, 0.25) is 0 Å². The van der Waals surface area contributed by atoms with Gasteiger partial charge in [-0.25, -0.2) is 15.0 Å². The van der Waals surface area contributed by atoms with Gasteiger partial charge in [-0.1, -0.05) is 147 Å². The average Bonchev–Trinajstić information content (AvgIpc) is 4.03. The van der Waals surface area contributed by atoms with E-state index in [9.17, 15) is 0 Å². The Bertz CT molecular complexity index is 3920. The molecule has 2 bridgehead atoms. The maximum Gasteiger partial charge on any atom is 0.163 e. The van der Waals surface area contributed by atoms with Crippen LogP contribution in [0.5, 0.6) is 0 Å². The number of nitrogens with zero attached hydrogens (tertiary/aromatic N) is 6. The predicted octanol–water partition coefficient (Wildman–Crippen LogP) is 15.6. The number of benzene rings is 8. The summed E-state index contributed by atoms with van der Waals surface area (Å²) in [5, 5.41) is 7.35. The molecule has 6 nitrogen and oxygen atoms in total. The second kappa shape index (κ2) is 15.1. The number of fused-ring (bicyclic) bond motifs is 14. The fraction of sp³-hybridized carbons (Fsp3) is 0.177. The van der Waals surface area contributed by atoms with Gasteiger partial charge in [0.1, 0.15) is 5.82 Å². The van der Waals surface area contributed by atoms with Crippen LogP contribution in [0, 0.1) is 17.8 Å². The molecule has 8 aromatic carbocycles. The quantitative estimate of drug-likeness (QED) is 0.167. The fourth-order valence-corrected chi connectivity index (χ4v) is 13.2. The molecular formula is C62H50N6. The summed E-state index contributed by atoms with van der Waals surface area (Å²) in [6.07, 6.45) is 6.17. The molecular weight excluding hydrogens is 829 g/mol. The molecule has 0 spiro atoms. The lowest BCUT2D eigenvalue weighted by Crippen LogP contribution is -2.40. The second-order valence-corrected chi connectivity index (χ2v) is 20.1. The van der Waals surface area contributed by atoms with Gasteiger partial charge in [-0.2, -0.15) is 0 Å². The van der Waals surface area contributed by atoms with Gasteiger partial charge < -0.3 is 13.7 Å². The van der Waals surface area contributed by atoms with Gasteiger partial charge in [0, 0.05) is 65.9 Å². The van der Waals surface area contributed by atoms with Crippen molar-refractivity contribution in [3.05, 3.63) is 194 Å². The first-order valence-electron chi connectivity index (χ1n) is 24.4. The van der Waals surface area contributed by atoms with Crippen molar-refractivity contribution in [1.29, 1.82) is 0 Å². The van der Waals surface area contributed by atoms with Crippen molar-refractivity contribution >= 4 is 65.4 Å². The molecule has 0 N–H and O–H groups in total. The van der Waals surface area contributed by atoms with Crippen LogP contribution >= 0.6 is 0 Å². The molecule has 2 saturated carbocycles. The first kappa shape index (κ1) is 39.3. The minimum absolute atomic E-state index is 0.123. The van der Waals surface area contributed by atoms with Crippen molar-refractivity contribution < 1.29 is 0 Å². The molecule has 2 fully saturated rings. The van der Waals surface area contributed by atoms with Crippen LogP contribution in [-0.4, -0.2) is 28.7 Å². The van der Waals surface area contributed by atoms with E-state index in [1.54, 1.807) is 0 Å². The Morgan fingerprint density at radius 3 is 1.41 bits per heavy atom. The number of aromatic nitrogens is 6. The lowest BCUT2D eigenvalue weighted by atomic mass is 9.59. The highest BCUT2D eigenvalue weighted by atomic mass is 15.1. The van der Waals surface area contributed by atoms with Gasteiger partial charge in [0.05, 0.1) is 33.1 Å². The first-order chi connectivity index (χ1) is 33.5. The van der Waals surface area contributed by atoms with Crippen molar-refractivity contribution in [2.24, 2.45) is 17.8 Å². The maximum atomic E-state index is 5.51. The largest absolute Gasteiger partial charge is 0.308 e. The Labute approximate surface area is 395 Å². The average molecular weight is 879 g/mol. The Kier molecular flexibility index (Phi) is 8.73. The molecule has 2 aliphatic carbocycles. The molecule has 12 aromatic rings. The van der Waals surface area contributed by atoms with Gasteiger partial charge in [-0.3, -0.25) is 0 Å². The number of hydrogen-bond acceptors (Lipinski definition) is 3. The van der Waals surface area contributed by atoms with E-state index >= 15 is 0 Å². The molecule has 4 heterocycles. The summed E-state index contributed by atoms with van der Waals surface area (Å²) >= 11 is 0. The van der Waals surface area contributed by atoms with Crippen LogP contribution in [0.25, 0.3) is 105 Å². The van der Waals surface area contributed by atoms with Crippen LogP contribution in [0.3, 0.4) is 0 Å².